The molecule has 0 unspecified atom stereocenters. The highest BCUT2D eigenvalue weighted by molar-refractivity contribution is 6.11. The summed E-state index contributed by atoms with van der Waals surface area (Å²) in [6, 6.07) is 0. The minimum absolute atomic E-state index is 0.117. The molecule has 0 spiro atoms. The van der Waals surface area contributed by atoms with Crippen LogP contribution in [0.15, 0.2) is 24.0 Å². The number of rotatable bonds is 5. The van der Waals surface area contributed by atoms with Crippen molar-refractivity contribution in [1.82, 2.24) is 0 Å². The molecule has 0 aromatic rings. The van der Waals surface area contributed by atoms with Crippen molar-refractivity contribution in [1.29, 1.82) is 0 Å². The number of ether oxygens (including phenoxy) is 2. The largest absolute Gasteiger partial charge is 0.493 e. The standard InChI is InChI=1S/C10H12O4/c1-3-4-5-13-7(2)8-6-9(11)14-10(8)12/h6H,2-5H2,1H3. The van der Waals surface area contributed by atoms with Crippen LogP contribution in [0.3, 0.4) is 0 Å². The lowest BCUT2D eigenvalue weighted by molar-refractivity contribution is -0.150. The highest BCUT2D eigenvalue weighted by Gasteiger charge is 2.26. The Hall–Kier alpha value is -1.58. The van der Waals surface area contributed by atoms with E-state index in [4.69, 9.17) is 4.74 Å². The fourth-order valence-corrected chi connectivity index (χ4v) is 0.964. The Morgan fingerprint density at radius 3 is 2.79 bits per heavy atom. The van der Waals surface area contributed by atoms with E-state index >= 15 is 0 Å². The van der Waals surface area contributed by atoms with Crippen molar-refractivity contribution in [3.05, 3.63) is 24.0 Å². The van der Waals surface area contributed by atoms with Crippen LogP contribution in [0.1, 0.15) is 19.8 Å². The molecule has 1 rings (SSSR count). The fourth-order valence-electron chi connectivity index (χ4n) is 0.964. The first-order chi connectivity index (χ1) is 6.65. The molecule has 1 aliphatic heterocycles. The maximum Gasteiger partial charge on any atom is 0.350 e. The van der Waals surface area contributed by atoms with Crippen LogP contribution in [0.4, 0.5) is 0 Å². The van der Waals surface area contributed by atoms with Gasteiger partial charge in [0.2, 0.25) is 0 Å². The molecule has 0 saturated heterocycles. The lowest BCUT2D eigenvalue weighted by Crippen LogP contribution is -2.05. The van der Waals surface area contributed by atoms with Crippen LogP contribution in [0.5, 0.6) is 0 Å². The van der Waals surface area contributed by atoms with Gasteiger partial charge in [0.05, 0.1) is 6.61 Å². The smallest absolute Gasteiger partial charge is 0.350 e. The van der Waals surface area contributed by atoms with Gasteiger partial charge in [0.25, 0.3) is 0 Å². The molecule has 1 heterocycles. The maximum absolute atomic E-state index is 11.0. The van der Waals surface area contributed by atoms with Gasteiger partial charge in [-0.25, -0.2) is 9.59 Å². The summed E-state index contributed by atoms with van der Waals surface area (Å²) in [5, 5.41) is 0. The average Bonchev–Trinajstić information content (AvgIpc) is 2.45. The van der Waals surface area contributed by atoms with Gasteiger partial charge in [-0.05, 0) is 6.42 Å². The predicted octanol–water partition coefficient (Wildman–Crippen LogP) is 1.33. The summed E-state index contributed by atoms with van der Waals surface area (Å²) in [6.45, 7) is 6.07. The van der Waals surface area contributed by atoms with Gasteiger partial charge in [-0.2, -0.15) is 0 Å². The van der Waals surface area contributed by atoms with Gasteiger partial charge >= 0.3 is 11.9 Å². The molecule has 0 aromatic carbocycles. The van der Waals surface area contributed by atoms with Crippen molar-refractivity contribution in [2.24, 2.45) is 0 Å². The van der Waals surface area contributed by atoms with E-state index in [2.05, 4.69) is 11.3 Å². The lowest BCUT2D eigenvalue weighted by Gasteiger charge is -2.06. The first kappa shape index (κ1) is 10.5. The topological polar surface area (TPSA) is 52.6 Å². The molecule has 4 heteroatoms. The molecular weight excluding hydrogens is 184 g/mol. The van der Waals surface area contributed by atoms with E-state index in [-0.39, 0.29) is 11.3 Å². The second kappa shape index (κ2) is 4.60. The second-order valence-electron chi connectivity index (χ2n) is 2.89. The van der Waals surface area contributed by atoms with Crippen LogP contribution >= 0.6 is 0 Å². The van der Waals surface area contributed by atoms with E-state index in [0.29, 0.717) is 6.61 Å². The maximum atomic E-state index is 11.0. The summed E-state index contributed by atoms with van der Waals surface area (Å²) in [7, 11) is 0. The molecular formula is C10H12O4. The van der Waals surface area contributed by atoms with Crippen LogP contribution in [0.25, 0.3) is 0 Å². The third kappa shape index (κ3) is 2.45. The Morgan fingerprint density at radius 2 is 2.29 bits per heavy atom. The van der Waals surface area contributed by atoms with Gasteiger partial charge in [-0.3, -0.25) is 0 Å². The molecule has 0 fully saturated rings. The minimum Gasteiger partial charge on any atom is -0.493 e. The molecule has 0 aromatic heterocycles. The molecule has 0 amide bonds. The van der Waals surface area contributed by atoms with Crippen LogP contribution in [0, 0.1) is 0 Å². The third-order valence-electron chi connectivity index (χ3n) is 1.75. The summed E-state index contributed by atoms with van der Waals surface area (Å²) < 4.78 is 9.46. The van der Waals surface area contributed by atoms with Crippen molar-refractivity contribution in [2.45, 2.75) is 19.8 Å². The van der Waals surface area contributed by atoms with Gasteiger partial charge in [-0.15, -0.1) is 0 Å². The fraction of sp³-hybridized carbons (Fsp3) is 0.400. The van der Waals surface area contributed by atoms with Gasteiger partial charge in [0.15, 0.2) is 0 Å². The Morgan fingerprint density at radius 1 is 1.57 bits per heavy atom. The first-order valence-electron chi connectivity index (χ1n) is 4.45. The quantitative estimate of drug-likeness (QED) is 0.288. The molecule has 0 N–H and O–H groups in total. The molecule has 0 atom stereocenters. The van der Waals surface area contributed by atoms with Gasteiger partial charge < -0.3 is 9.47 Å². The summed E-state index contributed by atoms with van der Waals surface area (Å²) in [5.74, 6) is -1.14. The number of hydrogen-bond acceptors (Lipinski definition) is 4. The molecule has 76 valence electrons. The van der Waals surface area contributed by atoms with Crippen LogP contribution in [-0.4, -0.2) is 18.5 Å². The highest BCUT2D eigenvalue weighted by Crippen LogP contribution is 2.17. The zero-order valence-corrected chi connectivity index (χ0v) is 8.04. The zero-order valence-electron chi connectivity index (χ0n) is 8.04. The molecule has 0 radical (unpaired) electrons. The Bertz CT molecular complexity index is 301. The van der Waals surface area contributed by atoms with Crippen molar-refractivity contribution in [3.8, 4) is 0 Å². The molecule has 14 heavy (non-hydrogen) atoms. The lowest BCUT2D eigenvalue weighted by atomic mass is 10.2. The predicted molar refractivity (Wildman–Crippen MR) is 49.2 cm³/mol. The van der Waals surface area contributed by atoms with Gasteiger partial charge in [-0.1, -0.05) is 19.9 Å². The second-order valence-corrected chi connectivity index (χ2v) is 2.89. The summed E-state index contributed by atoms with van der Waals surface area (Å²) in [6.07, 6.45) is 2.97. The van der Waals surface area contributed by atoms with E-state index in [1.165, 1.54) is 0 Å². The SMILES string of the molecule is C=C(OCCCC)C1=CC(=O)OC1=O. The molecule has 0 bridgehead atoms. The molecule has 4 nitrogen and oxygen atoms in total. The Balaban J connectivity index is 2.49. The summed E-state index contributed by atoms with van der Waals surface area (Å²) >= 11 is 0. The molecule has 0 aliphatic carbocycles. The van der Waals surface area contributed by atoms with E-state index in [9.17, 15) is 9.59 Å². The van der Waals surface area contributed by atoms with Crippen molar-refractivity contribution >= 4 is 11.9 Å². The van der Waals surface area contributed by atoms with E-state index in [1.54, 1.807) is 0 Å². The highest BCUT2D eigenvalue weighted by atomic mass is 16.6. The molecule has 0 saturated carbocycles. The number of unbranched alkanes of at least 4 members (excludes halogenated alkanes) is 1. The van der Waals surface area contributed by atoms with Crippen molar-refractivity contribution < 1.29 is 19.1 Å². The number of esters is 2. The van der Waals surface area contributed by atoms with Crippen molar-refractivity contribution in [3.63, 3.8) is 0 Å². The summed E-state index contributed by atoms with van der Waals surface area (Å²) in [4.78, 5) is 21.7. The van der Waals surface area contributed by atoms with E-state index < -0.39 is 11.9 Å². The van der Waals surface area contributed by atoms with Crippen LogP contribution < -0.4 is 0 Å². The number of hydrogen-bond donors (Lipinski definition) is 0. The summed E-state index contributed by atoms with van der Waals surface area (Å²) in [5.41, 5.74) is 0.117. The number of cyclic esters (lactones) is 2. The van der Waals surface area contributed by atoms with Crippen LogP contribution in [0.2, 0.25) is 0 Å². The minimum atomic E-state index is -0.684. The first-order valence-corrected chi connectivity index (χ1v) is 4.45. The van der Waals surface area contributed by atoms with Crippen LogP contribution in [-0.2, 0) is 19.1 Å². The zero-order chi connectivity index (χ0) is 10.6. The Labute approximate surface area is 82.2 Å². The van der Waals surface area contributed by atoms with Gasteiger partial charge in [0, 0.05) is 6.08 Å². The Kier molecular flexibility index (Phi) is 3.45. The van der Waals surface area contributed by atoms with E-state index in [0.717, 1.165) is 18.9 Å². The van der Waals surface area contributed by atoms with Gasteiger partial charge in [0.1, 0.15) is 11.3 Å². The number of carbonyl (C=O) groups is 2. The normalized spacial score (nSPS) is 15.1. The monoisotopic (exact) mass is 196 g/mol. The van der Waals surface area contributed by atoms with Crippen molar-refractivity contribution in [2.75, 3.05) is 6.61 Å². The van der Waals surface area contributed by atoms with E-state index in [1.807, 2.05) is 6.92 Å². The number of carbonyl (C=O) groups excluding carboxylic acids is 2. The third-order valence-corrected chi connectivity index (χ3v) is 1.75. The average molecular weight is 196 g/mol. The molecule has 1 aliphatic rings.